The summed E-state index contributed by atoms with van der Waals surface area (Å²) >= 11 is 0. The molecule has 0 aromatic carbocycles. The lowest BCUT2D eigenvalue weighted by Crippen LogP contribution is -2.35. The van der Waals surface area contributed by atoms with Crippen LogP contribution in [-0.2, 0) is 0 Å². The van der Waals surface area contributed by atoms with Crippen LogP contribution >= 0.6 is 0 Å². The number of nitrogens with two attached hydrogens (primary N) is 1. The van der Waals surface area contributed by atoms with Crippen LogP contribution in [0, 0.1) is 0 Å². The highest BCUT2D eigenvalue weighted by molar-refractivity contribution is 4.77. The third-order valence-electron chi connectivity index (χ3n) is 2.42. The van der Waals surface area contributed by atoms with Gasteiger partial charge in [-0.1, -0.05) is 46.0 Å². The van der Waals surface area contributed by atoms with Crippen molar-refractivity contribution < 1.29 is 0 Å². The summed E-state index contributed by atoms with van der Waals surface area (Å²) in [6, 6.07) is 0. The van der Waals surface area contributed by atoms with Crippen molar-refractivity contribution in [2.75, 3.05) is 0 Å². The van der Waals surface area contributed by atoms with E-state index in [0.29, 0.717) is 0 Å². The molecule has 0 aromatic rings. The smallest absolute Gasteiger partial charge is 0.0125 e. The average molecular weight is 171 g/mol. The molecule has 0 saturated heterocycles. The molecule has 1 atom stereocenters. The van der Waals surface area contributed by atoms with Crippen molar-refractivity contribution in [2.45, 2.75) is 71.3 Å². The summed E-state index contributed by atoms with van der Waals surface area (Å²) in [5.41, 5.74) is 6.21. The topological polar surface area (TPSA) is 26.0 Å². The van der Waals surface area contributed by atoms with E-state index >= 15 is 0 Å². The van der Waals surface area contributed by atoms with Gasteiger partial charge in [-0.3, -0.25) is 0 Å². The van der Waals surface area contributed by atoms with Crippen molar-refractivity contribution in [3.8, 4) is 0 Å². The number of hydrogen-bond donors (Lipinski definition) is 1. The molecule has 0 radical (unpaired) electrons. The van der Waals surface area contributed by atoms with Gasteiger partial charge in [0.2, 0.25) is 0 Å². The van der Waals surface area contributed by atoms with Crippen LogP contribution < -0.4 is 5.73 Å². The fraction of sp³-hybridized carbons (Fsp3) is 1.00. The van der Waals surface area contributed by atoms with Gasteiger partial charge in [-0.2, -0.15) is 0 Å². The second-order valence-corrected chi connectivity index (χ2v) is 4.21. The minimum atomic E-state index is 0.0997. The van der Waals surface area contributed by atoms with Crippen LogP contribution in [0.4, 0.5) is 0 Å². The van der Waals surface area contributed by atoms with Crippen LogP contribution in [0.1, 0.15) is 65.7 Å². The first-order valence-corrected chi connectivity index (χ1v) is 5.41. The lowest BCUT2D eigenvalue weighted by Gasteiger charge is -2.23. The molecule has 0 saturated carbocycles. The van der Waals surface area contributed by atoms with Gasteiger partial charge in [0.15, 0.2) is 0 Å². The molecule has 1 heteroatoms. The van der Waals surface area contributed by atoms with Gasteiger partial charge in [0.05, 0.1) is 0 Å². The molecule has 0 aromatic heterocycles. The first kappa shape index (κ1) is 12.0. The Morgan fingerprint density at radius 2 is 1.58 bits per heavy atom. The van der Waals surface area contributed by atoms with E-state index in [1.54, 1.807) is 0 Å². The van der Waals surface area contributed by atoms with Gasteiger partial charge in [0.1, 0.15) is 0 Å². The SMILES string of the molecule is CCCCCC[C@](C)(N)CCC. The Morgan fingerprint density at radius 3 is 2.08 bits per heavy atom. The zero-order valence-electron chi connectivity index (χ0n) is 9.03. The lowest BCUT2D eigenvalue weighted by molar-refractivity contribution is 0.378. The fourth-order valence-electron chi connectivity index (χ4n) is 1.65. The molecule has 0 aliphatic carbocycles. The second-order valence-electron chi connectivity index (χ2n) is 4.21. The molecular formula is C11H25N. The van der Waals surface area contributed by atoms with E-state index < -0.39 is 0 Å². The summed E-state index contributed by atoms with van der Waals surface area (Å²) in [5.74, 6) is 0. The molecule has 12 heavy (non-hydrogen) atoms. The molecule has 0 rings (SSSR count). The Bertz CT molecular complexity index is 97.2. The molecule has 74 valence electrons. The molecule has 0 aliphatic heterocycles. The second kappa shape index (κ2) is 6.47. The van der Waals surface area contributed by atoms with Crippen LogP contribution in [0.15, 0.2) is 0 Å². The number of unbranched alkanes of at least 4 members (excludes halogenated alkanes) is 3. The zero-order valence-corrected chi connectivity index (χ0v) is 9.03. The molecule has 2 N–H and O–H groups in total. The molecule has 0 heterocycles. The van der Waals surface area contributed by atoms with E-state index in [0.717, 1.165) is 0 Å². The number of hydrogen-bond acceptors (Lipinski definition) is 1. The summed E-state index contributed by atoms with van der Waals surface area (Å²) in [6.45, 7) is 6.63. The van der Waals surface area contributed by atoms with E-state index in [1.165, 1.54) is 44.9 Å². The first-order valence-electron chi connectivity index (χ1n) is 5.41. The standard InChI is InChI=1S/C11H25N/c1-4-6-7-8-10-11(3,12)9-5-2/h4-10,12H2,1-3H3/t11-/m1/s1. The van der Waals surface area contributed by atoms with Gasteiger partial charge in [-0.15, -0.1) is 0 Å². The number of rotatable bonds is 7. The molecule has 0 spiro atoms. The molecule has 0 fully saturated rings. The van der Waals surface area contributed by atoms with Crippen LogP contribution in [0.5, 0.6) is 0 Å². The van der Waals surface area contributed by atoms with E-state index in [1.807, 2.05) is 0 Å². The van der Waals surface area contributed by atoms with E-state index in [2.05, 4.69) is 20.8 Å². The Kier molecular flexibility index (Phi) is 6.45. The average Bonchev–Trinajstić information content (AvgIpc) is 1.98. The predicted molar refractivity (Wildman–Crippen MR) is 56.3 cm³/mol. The molecule has 0 unspecified atom stereocenters. The van der Waals surface area contributed by atoms with Gasteiger partial charge in [-0.25, -0.2) is 0 Å². The van der Waals surface area contributed by atoms with Crippen molar-refractivity contribution in [1.82, 2.24) is 0 Å². The third kappa shape index (κ3) is 6.66. The van der Waals surface area contributed by atoms with Crippen molar-refractivity contribution in [3.63, 3.8) is 0 Å². The van der Waals surface area contributed by atoms with Crippen molar-refractivity contribution in [3.05, 3.63) is 0 Å². The van der Waals surface area contributed by atoms with Crippen molar-refractivity contribution in [1.29, 1.82) is 0 Å². The Balaban J connectivity index is 3.33. The minimum Gasteiger partial charge on any atom is -0.325 e. The van der Waals surface area contributed by atoms with Crippen molar-refractivity contribution >= 4 is 0 Å². The Labute approximate surface area is 77.7 Å². The van der Waals surface area contributed by atoms with E-state index in [4.69, 9.17) is 5.73 Å². The van der Waals surface area contributed by atoms with Crippen LogP contribution in [0.2, 0.25) is 0 Å². The maximum absolute atomic E-state index is 6.11. The molecule has 1 nitrogen and oxygen atoms in total. The van der Waals surface area contributed by atoms with Crippen LogP contribution in [0.25, 0.3) is 0 Å². The maximum atomic E-state index is 6.11. The van der Waals surface area contributed by atoms with Gasteiger partial charge >= 0.3 is 0 Å². The summed E-state index contributed by atoms with van der Waals surface area (Å²) < 4.78 is 0. The van der Waals surface area contributed by atoms with Gasteiger partial charge in [0.25, 0.3) is 0 Å². The predicted octanol–water partition coefficient (Wildman–Crippen LogP) is 3.47. The van der Waals surface area contributed by atoms with E-state index in [9.17, 15) is 0 Å². The molecule has 0 bridgehead atoms. The summed E-state index contributed by atoms with van der Waals surface area (Å²) in [4.78, 5) is 0. The maximum Gasteiger partial charge on any atom is 0.0125 e. The quantitative estimate of drug-likeness (QED) is 0.583. The highest BCUT2D eigenvalue weighted by Crippen LogP contribution is 2.17. The van der Waals surface area contributed by atoms with E-state index in [-0.39, 0.29) is 5.54 Å². The highest BCUT2D eigenvalue weighted by atomic mass is 14.7. The Hall–Kier alpha value is -0.0400. The van der Waals surface area contributed by atoms with Crippen molar-refractivity contribution in [2.24, 2.45) is 5.73 Å². The third-order valence-corrected chi connectivity index (χ3v) is 2.42. The largest absolute Gasteiger partial charge is 0.325 e. The monoisotopic (exact) mass is 171 g/mol. The van der Waals surface area contributed by atoms with Gasteiger partial charge in [-0.05, 0) is 19.8 Å². The summed E-state index contributed by atoms with van der Waals surface area (Å²) in [5, 5.41) is 0. The highest BCUT2D eigenvalue weighted by Gasteiger charge is 2.15. The molecular weight excluding hydrogens is 146 g/mol. The fourth-order valence-corrected chi connectivity index (χ4v) is 1.65. The van der Waals surface area contributed by atoms with Gasteiger partial charge in [0, 0.05) is 5.54 Å². The first-order chi connectivity index (χ1) is 5.62. The normalized spacial score (nSPS) is 16.0. The zero-order chi connectivity index (χ0) is 9.45. The van der Waals surface area contributed by atoms with Crippen LogP contribution in [0.3, 0.4) is 0 Å². The summed E-state index contributed by atoms with van der Waals surface area (Å²) in [7, 11) is 0. The molecule has 0 aliphatic rings. The Morgan fingerprint density at radius 1 is 0.917 bits per heavy atom. The molecule has 0 amide bonds. The van der Waals surface area contributed by atoms with Crippen LogP contribution in [-0.4, -0.2) is 5.54 Å². The lowest BCUT2D eigenvalue weighted by atomic mass is 9.91. The summed E-state index contributed by atoms with van der Waals surface area (Å²) in [6.07, 6.45) is 8.91. The van der Waals surface area contributed by atoms with Gasteiger partial charge < -0.3 is 5.73 Å². The minimum absolute atomic E-state index is 0.0997.